The Bertz CT molecular complexity index is 922. The van der Waals surface area contributed by atoms with E-state index >= 15 is 0 Å². The third-order valence-corrected chi connectivity index (χ3v) is 5.82. The molecule has 30 heavy (non-hydrogen) atoms. The summed E-state index contributed by atoms with van der Waals surface area (Å²) in [6.07, 6.45) is 3.82. The molecule has 0 saturated carbocycles. The van der Waals surface area contributed by atoms with Gasteiger partial charge in [-0.05, 0) is 51.3 Å². The Morgan fingerprint density at radius 3 is 2.57 bits per heavy atom. The minimum Gasteiger partial charge on any atom is -0.350 e. The highest BCUT2D eigenvalue weighted by molar-refractivity contribution is 6.00. The molecule has 0 bridgehead atoms. The molecule has 2 amide bonds. The molecule has 3 heterocycles. The van der Waals surface area contributed by atoms with Gasteiger partial charge >= 0.3 is 0 Å². The molecule has 2 fully saturated rings. The van der Waals surface area contributed by atoms with Crippen LogP contribution in [0, 0.1) is 19.8 Å². The van der Waals surface area contributed by atoms with Crippen molar-refractivity contribution in [2.75, 3.05) is 29.4 Å². The summed E-state index contributed by atoms with van der Waals surface area (Å²) >= 11 is 0. The summed E-state index contributed by atoms with van der Waals surface area (Å²) in [5, 5.41) is 2.97. The zero-order valence-electron chi connectivity index (χ0n) is 17.7. The van der Waals surface area contributed by atoms with Crippen LogP contribution in [0.2, 0.25) is 0 Å². The molecule has 0 spiro atoms. The van der Waals surface area contributed by atoms with Gasteiger partial charge in [0, 0.05) is 37.4 Å². The number of hydrogen-bond acceptors (Lipinski definition) is 5. The first-order valence-corrected chi connectivity index (χ1v) is 10.7. The van der Waals surface area contributed by atoms with E-state index in [2.05, 4.69) is 20.2 Å². The molecule has 1 aromatic heterocycles. The predicted molar refractivity (Wildman–Crippen MR) is 116 cm³/mol. The Balaban J connectivity index is 1.37. The van der Waals surface area contributed by atoms with Crippen LogP contribution in [-0.4, -0.2) is 41.4 Å². The highest BCUT2D eigenvalue weighted by Gasteiger charge is 2.35. The van der Waals surface area contributed by atoms with Crippen LogP contribution in [-0.2, 0) is 16.1 Å². The van der Waals surface area contributed by atoms with Crippen LogP contribution >= 0.6 is 0 Å². The van der Waals surface area contributed by atoms with Gasteiger partial charge in [0.2, 0.25) is 17.8 Å². The molecule has 4 rings (SSSR count). The van der Waals surface area contributed by atoms with E-state index in [4.69, 9.17) is 0 Å². The van der Waals surface area contributed by atoms with Gasteiger partial charge in [0.05, 0.1) is 18.2 Å². The van der Waals surface area contributed by atoms with Crippen LogP contribution in [0.5, 0.6) is 0 Å². The second kappa shape index (κ2) is 8.81. The Morgan fingerprint density at radius 1 is 1.10 bits per heavy atom. The molecule has 2 aliphatic rings. The van der Waals surface area contributed by atoms with Gasteiger partial charge in [-0.15, -0.1) is 0 Å². The third-order valence-electron chi connectivity index (χ3n) is 5.82. The average Bonchev–Trinajstić information content (AvgIpc) is 3.14. The normalized spacial score (nSPS) is 19.3. The minimum absolute atomic E-state index is 0.00994. The largest absolute Gasteiger partial charge is 0.350 e. The van der Waals surface area contributed by atoms with E-state index in [9.17, 15) is 9.59 Å². The minimum atomic E-state index is -0.344. The van der Waals surface area contributed by atoms with Crippen molar-refractivity contribution in [1.82, 2.24) is 15.3 Å². The second-order valence-corrected chi connectivity index (χ2v) is 8.31. The Kier molecular flexibility index (Phi) is 5.97. The van der Waals surface area contributed by atoms with E-state index in [0.29, 0.717) is 13.1 Å². The smallest absolute Gasteiger partial charge is 0.227 e. The van der Waals surface area contributed by atoms with Crippen molar-refractivity contribution in [2.24, 2.45) is 5.92 Å². The summed E-state index contributed by atoms with van der Waals surface area (Å²) < 4.78 is 0. The fraction of sp³-hybridized carbons (Fsp3) is 0.478. The first kappa shape index (κ1) is 20.3. The summed E-state index contributed by atoms with van der Waals surface area (Å²) in [5.74, 6) is 0.293. The highest BCUT2D eigenvalue weighted by Crippen LogP contribution is 2.25. The zero-order valence-corrected chi connectivity index (χ0v) is 17.7. The fourth-order valence-corrected chi connectivity index (χ4v) is 4.12. The lowest BCUT2D eigenvalue weighted by atomic mass is 10.1. The first-order valence-electron chi connectivity index (χ1n) is 10.7. The molecular weight excluding hydrogens is 378 g/mol. The number of hydrogen-bond donors (Lipinski definition) is 1. The van der Waals surface area contributed by atoms with Crippen molar-refractivity contribution < 1.29 is 9.59 Å². The number of carbonyl (C=O) groups excluding carboxylic acids is 2. The summed E-state index contributed by atoms with van der Waals surface area (Å²) in [6, 6.07) is 9.73. The van der Waals surface area contributed by atoms with Crippen LogP contribution in [0.1, 0.15) is 42.6 Å². The van der Waals surface area contributed by atoms with Crippen molar-refractivity contribution >= 4 is 23.5 Å². The summed E-state index contributed by atoms with van der Waals surface area (Å²) in [5.41, 5.74) is 3.69. The SMILES string of the molecule is Cc1ccc(N2CC(C(=O)NCc3cc(C)nc(N4CCCCC4)n3)CC2=O)cc1. The van der Waals surface area contributed by atoms with Gasteiger partial charge in [-0.25, -0.2) is 9.97 Å². The van der Waals surface area contributed by atoms with Crippen LogP contribution < -0.4 is 15.1 Å². The van der Waals surface area contributed by atoms with Gasteiger partial charge in [0.1, 0.15) is 0 Å². The molecule has 2 aliphatic heterocycles. The van der Waals surface area contributed by atoms with Gasteiger partial charge < -0.3 is 15.1 Å². The van der Waals surface area contributed by atoms with E-state index < -0.39 is 0 Å². The van der Waals surface area contributed by atoms with Crippen LogP contribution in [0.15, 0.2) is 30.3 Å². The number of rotatable bonds is 5. The van der Waals surface area contributed by atoms with Gasteiger partial charge in [0.15, 0.2) is 0 Å². The molecule has 2 aromatic rings. The summed E-state index contributed by atoms with van der Waals surface area (Å²) in [4.78, 5) is 38.3. The number of nitrogens with one attached hydrogen (secondary N) is 1. The number of benzene rings is 1. The van der Waals surface area contributed by atoms with E-state index in [1.54, 1.807) is 4.90 Å². The van der Waals surface area contributed by atoms with Crippen LogP contribution in [0.3, 0.4) is 0 Å². The summed E-state index contributed by atoms with van der Waals surface area (Å²) in [7, 11) is 0. The standard InChI is InChI=1S/C23H29N5O2/c1-16-6-8-20(9-7-16)28-15-18(13-21(28)29)22(30)24-14-19-12-17(2)25-23(26-19)27-10-4-3-5-11-27/h6-9,12,18H,3-5,10-11,13-15H2,1-2H3,(H,24,30). The molecule has 0 aliphatic carbocycles. The number of piperidine rings is 1. The molecule has 1 unspecified atom stereocenters. The van der Waals surface area contributed by atoms with Crippen molar-refractivity contribution in [3.05, 3.63) is 47.3 Å². The molecule has 1 N–H and O–H groups in total. The van der Waals surface area contributed by atoms with Gasteiger partial charge in [-0.2, -0.15) is 0 Å². The second-order valence-electron chi connectivity index (χ2n) is 8.31. The van der Waals surface area contributed by atoms with E-state index in [0.717, 1.165) is 54.5 Å². The van der Waals surface area contributed by atoms with Crippen LogP contribution in [0.25, 0.3) is 0 Å². The maximum absolute atomic E-state index is 12.7. The Labute approximate surface area is 177 Å². The fourth-order valence-electron chi connectivity index (χ4n) is 4.12. The van der Waals surface area contributed by atoms with Crippen molar-refractivity contribution in [1.29, 1.82) is 0 Å². The number of anilines is 2. The molecule has 0 radical (unpaired) electrons. The first-order chi connectivity index (χ1) is 14.5. The number of aryl methyl sites for hydroxylation is 2. The Hall–Kier alpha value is -2.96. The third kappa shape index (κ3) is 4.61. The average molecular weight is 408 g/mol. The van der Waals surface area contributed by atoms with Crippen molar-refractivity contribution in [3.8, 4) is 0 Å². The lowest BCUT2D eigenvalue weighted by Gasteiger charge is -2.27. The van der Waals surface area contributed by atoms with Crippen molar-refractivity contribution in [3.63, 3.8) is 0 Å². The molecule has 7 heteroatoms. The predicted octanol–water partition coefficient (Wildman–Crippen LogP) is 2.75. The number of amides is 2. The number of nitrogens with zero attached hydrogens (tertiary/aromatic N) is 4. The quantitative estimate of drug-likeness (QED) is 0.825. The molecule has 7 nitrogen and oxygen atoms in total. The summed E-state index contributed by atoms with van der Waals surface area (Å²) in [6.45, 7) is 6.68. The van der Waals surface area contributed by atoms with E-state index in [-0.39, 0.29) is 24.2 Å². The maximum atomic E-state index is 12.7. The molecule has 1 atom stereocenters. The lowest BCUT2D eigenvalue weighted by Crippen LogP contribution is -2.34. The highest BCUT2D eigenvalue weighted by atomic mass is 16.2. The van der Waals surface area contributed by atoms with Crippen molar-refractivity contribution in [2.45, 2.75) is 46.1 Å². The molecule has 2 saturated heterocycles. The molecule has 158 valence electrons. The maximum Gasteiger partial charge on any atom is 0.227 e. The number of aromatic nitrogens is 2. The lowest BCUT2D eigenvalue weighted by molar-refractivity contribution is -0.126. The van der Waals surface area contributed by atoms with E-state index in [1.807, 2.05) is 44.2 Å². The monoisotopic (exact) mass is 407 g/mol. The Morgan fingerprint density at radius 2 is 1.83 bits per heavy atom. The molecule has 1 aromatic carbocycles. The number of carbonyl (C=O) groups is 2. The zero-order chi connectivity index (χ0) is 21.1. The topological polar surface area (TPSA) is 78.4 Å². The van der Waals surface area contributed by atoms with E-state index in [1.165, 1.54) is 6.42 Å². The van der Waals surface area contributed by atoms with Gasteiger partial charge in [-0.1, -0.05) is 17.7 Å². The molecular formula is C23H29N5O2. The van der Waals surface area contributed by atoms with Gasteiger partial charge in [-0.3, -0.25) is 9.59 Å². The van der Waals surface area contributed by atoms with Crippen LogP contribution in [0.4, 0.5) is 11.6 Å². The van der Waals surface area contributed by atoms with Gasteiger partial charge in [0.25, 0.3) is 0 Å².